The van der Waals surface area contributed by atoms with Gasteiger partial charge in [-0.2, -0.15) is 0 Å². The fraction of sp³-hybridized carbons (Fsp3) is 0.571. The van der Waals surface area contributed by atoms with Crippen LogP contribution in [-0.4, -0.2) is 39.7 Å². The molecule has 7 nitrogen and oxygen atoms in total. The number of carbonyl (C=O) groups excluding carboxylic acids is 1. The lowest BCUT2D eigenvalue weighted by molar-refractivity contribution is -0.141. The average Bonchev–Trinajstić information content (AvgIpc) is 2.87. The Balaban J connectivity index is 2.01. The van der Waals surface area contributed by atoms with Gasteiger partial charge in [-0.05, 0) is 33.1 Å². The number of aryl methyl sites for hydroxylation is 1. The third-order valence-electron chi connectivity index (χ3n) is 3.59. The number of ether oxygens (including phenoxy) is 1. The molecule has 0 radical (unpaired) electrons. The molecule has 0 aliphatic heterocycles. The van der Waals surface area contributed by atoms with Gasteiger partial charge in [-0.25, -0.2) is 14.8 Å². The van der Waals surface area contributed by atoms with Gasteiger partial charge in [-0.1, -0.05) is 0 Å². The maximum absolute atomic E-state index is 11.7. The van der Waals surface area contributed by atoms with Gasteiger partial charge in [0.25, 0.3) is 0 Å². The lowest BCUT2D eigenvalue weighted by Gasteiger charge is -2.13. The van der Waals surface area contributed by atoms with Crippen LogP contribution < -0.4 is 5.32 Å². The lowest BCUT2D eigenvalue weighted by atomic mass is 10.1. The van der Waals surface area contributed by atoms with Gasteiger partial charge < -0.3 is 15.2 Å². The molecule has 1 heterocycles. The number of nitrogens with one attached hydrogen (secondary N) is 1. The molecular formula is C14H19N3O4. The molecule has 0 aromatic carbocycles. The predicted molar refractivity (Wildman–Crippen MR) is 75.1 cm³/mol. The van der Waals surface area contributed by atoms with Crippen molar-refractivity contribution in [3.63, 3.8) is 0 Å². The molecule has 114 valence electrons. The van der Waals surface area contributed by atoms with E-state index < -0.39 is 11.9 Å². The van der Waals surface area contributed by atoms with Gasteiger partial charge in [-0.3, -0.25) is 4.79 Å². The zero-order valence-corrected chi connectivity index (χ0v) is 12.1. The number of rotatable bonds is 5. The number of aliphatic carboxylic acids is 1. The number of carbonyl (C=O) groups is 2. The van der Waals surface area contributed by atoms with E-state index in [0.717, 1.165) is 6.42 Å². The van der Waals surface area contributed by atoms with Crippen LogP contribution in [0.25, 0.3) is 0 Å². The molecule has 1 aromatic rings. The fourth-order valence-electron chi connectivity index (χ4n) is 2.47. The molecule has 0 amide bonds. The van der Waals surface area contributed by atoms with Gasteiger partial charge in [0.2, 0.25) is 5.95 Å². The standard InChI is InChI=1S/C14H19N3O4/c1-3-21-13(20)11-7-15-14(16-8(11)2)17-10-5-4-9(6-10)12(18)19/h7,9-10H,3-6H2,1-2H3,(H,18,19)(H,15,16,17). The van der Waals surface area contributed by atoms with Crippen LogP contribution in [0.4, 0.5) is 5.95 Å². The van der Waals surface area contributed by atoms with Gasteiger partial charge in [0.1, 0.15) is 0 Å². The van der Waals surface area contributed by atoms with E-state index in [1.807, 2.05) is 0 Å². The van der Waals surface area contributed by atoms with Crippen molar-refractivity contribution in [2.75, 3.05) is 11.9 Å². The molecule has 1 fully saturated rings. The molecule has 2 unspecified atom stereocenters. The summed E-state index contributed by atoms with van der Waals surface area (Å²) in [6.07, 6.45) is 3.44. The highest BCUT2D eigenvalue weighted by Crippen LogP contribution is 2.27. The maximum Gasteiger partial charge on any atom is 0.341 e. The second-order valence-corrected chi connectivity index (χ2v) is 5.10. The Labute approximate surface area is 122 Å². The first-order valence-corrected chi connectivity index (χ1v) is 7.01. The quantitative estimate of drug-likeness (QED) is 0.795. The first-order valence-electron chi connectivity index (χ1n) is 7.01. The molecule has 2 atom stereocenters. The van der Waals surface area contributed by atoms with E-state index in [4.69, 9.17) is 9.84 Å². The van der Waals surface area contributed by atoms with Crippen LogP contribution >= 0.6 is 0 Å². The van der Waals surface area contributed by atoms with Crippen LogP contribution in [0, 0.1) is 12.8 Å². The minimum Gasteiger partial charge on any atom is -0.481 e. The van der Waals surface area contributed by atoms with Crippen molar-refractivity contribution < 1.29 is 19.4 Å². The monoisotopic (exact) mass is 293 g/mol. The SMILES string of the molecule is CCOC(=O)c1cnc(NC2CCC(C(=O)O)C2)nc1C. The zero-order valence-electron chi connectivity index (χ0n) is 12.1. The third-order valence-corrected chi connectivity index (χ3v) is 3.59. The Hall–Kier alpha value is -2.18. The summed E-state index contributed by atoms with van der Waals surface area (Å²) in [4.78, 5) is 30.9. The first-order chi connectivity index (χ1) is 10.0. The first kappa shape index (κ1) is 15.2. The highest BCUT2D eigenvalue weighted by Gasteiger charge is 2.30. The van der Waals surface area contributed by atoms with E-state index in [1.165, 1.54) is 6.20 Å². The van der Waals surface area contributed by atoms with Crippen molar-refractivity contribution >= 4 is 17.9 Å². The van der Waals surface area contributed by atoms with E-state index in [9.17, 15) is 9.59 Å². The molecule has 1 aliphatic rings. The highest BCUT2D eigenvalue weighted by atomic mass is 16.5. The van der Waals surface area contributed by atoms with Crippen molar-refractivity contribution in [2.24, 2.45) is 5.92 Å². The number of esters is 1. The Morgan fingerprint density at radius 3 is 2.81 bits per heavy atom. The van der Waals surface area contributed by atoms with Crippen molar-refractivity contribution in [1.29, 1.82) is 0 Å². The maximum atomic E-state index is 11.7. The fourth-order valence-corrected chi connectivity index (χ4v) is 2.47. The van der Waals surface area contributed by atoms with E-state index in [0.29, 0.717) is 36.7 Å². The molecule has 1 saturated carbocycles. The lowest BCUT2D eigenvalue weighted by Crippen LogP contribution is -2.20. The molecule has 1 aromatic heterocycles. The van der Waals surface area contributed by atoms with Crippen molar-refractivity contribution in [2.45, 2.75) is 39.2 Å². The summed E-state index contributed by atoms with van der Waals surface area (Å²) in [5.74, 6) is -1.08. The van der Waals surface area contributed by atoms with E-state index >= 15 is 0 Å². The third kappa shape index (κ3) is 3.68. The van der Waals surface area contributed by atoms with Crippen molar-refractivity contribution in [3.8, 4) is 0 Å². The second kappa shape index (κ2) is 6.51. The van der Waals surface area contributed by atoms with E-state index in [1.54, 1.807) is 13.8 Å². The Morgan fingerprint density at radius 1 is 1.48 bits per heavy atom. The Kier molecular flexibility index (Phi) is 4.72. The largest absolute Gasteiger partial charge is 0.481 e. The summed E-state index contributed by atoms with van der Waals surface area (Å²) in [5, 5.41) is 12.1. The summed E-state index contributed by atoms with van der Waals surface area (Å²) in [6, 6.07) is 0.0546. The molecule has 2 rings (SSSR count). The Bertz CT molecular complexity index is 547. The van der Waals surface area contributed by atoms with Crippen LogP contribution in [0.2, 0.25) is 0 Å². The summed E-state index contributed by atoms with van der Waals surface area (Å²) < 4.78 is 4.92. The molecule has 0 bridgehead atoms. The summed E-state index contributed by atoms with van der Waals surface area (Å²) >= 11 is 0. The van der Waals surface area contributed by atoms with Crippen molar-refractivity contribution in [3.05, 3.63) is 17.5 Å². The molecule has 0 saturated heterocycles. The zero-order chi connectivity index (χ0) is 15.4. The summed E-state index contributed by atoms with van der Waals surface area (Å²) in [5.41, 5.74) is 0.885. The molecule has 0 spiro atoms. The molecule has 7 heteroatoms. The highest BCUT2D eigenvalue weighted by molar-refractivity contribution is 5.90. The van der Waals surface area contributed by atoms with Crippen LogP contribution in [0.1, 0.15) is 42.2 Å². The number of carboxylic acid groups (broad SMARTS) is 1. The number of aromatic nitrogens is 2. The van der Waals surface area contributed by atoms with Crippen LogP contribution in [0.5, 0.6) is 0 Å². The number of anilines is 1. The van der Waals surface area contributed by atoms with Gasteiger partial charge in [0, 0.05) is 12.2 Å². The topological polar surface area (TPSA) is 101 Å². The smallest absolute Gasteiger partial charge is 0.341 e. The van der Waals surface area contributed by atoms with Gasteiger partial charge in [0.05, 0.1) is 23.8 Å². The van der Waals surface area contributed by atoms with Gasteiger partial charge >= 0.3 is 11.9 Å². The summed E-state index contributed by atoms with van der Waals surface area (Å²) in [6.45, 7) is 3.76. The number of hydrogen-bond donors (Lipinski definition) is 2. The van der Waals surface area contributed by atoms with Gasteiger partial charge in [-0.15, -0.1) is 0 Å². The molecule has 21 heavy (non-hydrogen) atoms. The van der Waals surface area contributed by atoms with Crippen molar-refractivity contribution in [1.82, 2.24) is 9.97 Å². The Morgan fingerprint density at radius 2 is 2.24 bits per heavy atom. The number of hydrogen-bond acceptors (Lipinski definition) is 6. The molecule has 2 N–H and O–H groups in total. The number of carboxylic acids is 1. The average molecular weight is 293 g/mol. The van der Waals surface area contributed by atoms with Crippen LogP contribution in [-0.2, 0) is 9.53 Å². The second-order valence-electron chi connectivity index (χ2n) is 5.10. The number of nitrogens with zero attached hydrogens (tertiary/aromatic N) is 2. The minimum atomic E-state index is -0.756. The van der Waals surface area contributed by atoms with E-state index in [2.05, 4.69) is 15.3 Å². The van der Waals surface area contributed by atoms with Crippen LogP contribution in [0.3, 0.4) is 0 Å². The minimum absolute atomic E-state index is 0.0546. The molecular weight excluding hydrogens is 274 g/mol. The van der Waals surface area contributed by atoms with Gasteiger partial charge in [0.15, 0.2) is 0 Å². The summed E-state index contributed by atoms with van der Waals surface area (Å²) in [7, 11) is 0. The van der Waals surface area contributed by atoms with Crippen LogP contribution in [0.15, 0.2) is 6.20 Å². The normalized spacial score (nSPS) is 21.0. The predicted octanol–water partition coefficient (Wildman–Crippen LogP) is 1.63. The molecule has 1 aliphatic carbocycles. The van der Waals surface area contributed by atoms with E-state index in [-0.39, 0.29) is 12.0 Å².